The van der Waals surface area contributed by atoms with Crippen molar-refractivity contribution in [1.82, 2.24) is 14.5 Å². The molecule has 1 saturated heterocycles. The van der Waals surface area contributed by atoms with Gasteiger partial charge in [-0.2, -0.15) is 13.2 Å². The number of carbonyl (C=O) groups excluding carboxylic acids is 1. The molecule has 6 nitrogen and oxygen atoms in total. The van der Waals surface area contributed by atoms with Crippen LogP contribution in [-0.2, 0) is 11.0 Å². The summed E-state index contributed by atoms with van der Waals surface area (Å²) >= 11 is 0. The predicted octanol–water partition coefficient (Wildman–Crippen LogP) is 3.62. The average Bonchev–Trinajstić information content (AvgIpc) is 3.04. The molecule has 1 aliphatic rings. The standard InChI is InChI=1S/C21H21F3N4O2/c22-21(23,24)14-4-3-5-15(12-14)25-19(29)13-27-10-8-16(9-11-27)28-18-7-2-1-6-17(18)26-20(28)30/h1-7,12,16H,8-11,13H2,(H,25,29)(H,26,30). The number of anilines is 1. The lowest BCUT2D eigenvalue weighted by atomic mass is 10.0. The average molecular weight is 418 g/mol. The normalized spacial score (nSPS) is 16.1. The van der Waals surface area contributed by atoms with E-state index < -0.39 is 11.7 Å². The highest BCUT2D eigenvalue weighted by Crippen LogP contribution is 2.30. The highest BCUT2D eigenvalue weighted by atomic mass is 19.4. The number of aromatic nitrogens is 2. The van der Waals surface area contributed by atoms with E-state index >= 15 is 0 Å². The molecule has 3 aromatic rings. The molecule has 1 aliphatic heterocycles. The van der Waals surface area contributed by atoms with Crippen molar-refractivity contribution in [3.8, 4) is 0 Å². The maximum Gasteiger partial charge on any atom is 0.416 e. The number of rotatable bonds is 4. The van der Waals surface area contributed by atoms with Gasteiger partial charge in [0.05, 0.1) is 23.1 Å². The van der Waals surface area contributed by atoms with Crippen LogP contribution in [0.2, 0.25) is 0 Å². The Kier molecular flexibility index (Phi) is 5.38. The van der Waals surface area contributed by atoms with E-state index in [9.17, 15) is 22.8 Å². The monoisotopic (exact) mass is 418 g/mol. The second-order valence-corrected chi connectivity index (χ2v) is 7.45. The number of imidazole rings is 1. The second kappa shape index (κ2) is 7.98. The first-order valence-corrected chi connectivity index (χ1v) is 9.70. The Hall–Kier alpha value is -3.07. The minimum atomic E-state index is -4.46. The number of nitrogens with zero attached hydrogens (tertiary/aromatic N) is 2. The van der Waals surface area contributed by atoms with E-state index in [0.717, 1.165) is 23.2 Å². The fourth-order valence-corrected chi connectivity index (χ4v) is 3.95. The number of alkyl halides is 3. The summed E-state index contributed by atoms with van der Waals surface area (Å²) in [6.07, 6.45) is -3.04. The number of aromatic amines is 1. The SMILES string of the molecule is O=C(CN1CCC(n2c(=O)[nH]c3ccccc32)CC1)Nc1cccc(C(F)(F)F)c1. The van der Waals surface area contributed by atoms with Gasteiger partial charge in [0.25, 0.3) is 0 Å². The number of nitrogens with one attached hydrogen (secondary N) is 2. The molecule has 0 bridgehead atoms. The maximum atomic E-state index is 12.8. The van der Waals surface area contributed by atoms with Crippen molar-refractivity contribution in [3.63, 3.8) is 0 Å². The van der Waals surface area contributed by atoms with Gasteiger partial charge in [-0.1, -0.05) is 18.2 Å². The number of halogens is 3. The van der Waals surface area contributed by atoms with Crippen LogP contribution in [0.5, 0.6) is 0 Å². The van der Waals surface area contributed by atoms with Crippen molar-refractivity contribution in [3.05, 3.63) is 64.6 Å². The van der Waals surface area contributed by atoms with Crippen molar-refractivity contribution >= 4 is 22.6 Å². The molecule has 1 amide bonds. The van der Waals surface area contributed by atoms with E-state index in [1.807, 2.05) is 29.2 Å². The zero-order valence-electron chi connectivity index (χ0n) is 16.1. The summed E-state index contributed by atoms with van der Waals surface area (Å²) in [6.45, 7) is 1.32. The van der Waals surface area contributed by atoms with E-state index in [-0.39, 0.29) is 29.9 Å². The fraction of sp³-hybridized carbons (Fsp3) is 0.333. The Balaban J connectivity index is 1.35. The molecule has 0 radical (unpaired) electrons. The van der Waals surface area contributed by atoms with Crippen molar-refractivity contribution in [2.24, 2.45) is 0 Å². The lowest BCUT2D eigenvalue weighted by molar-refractivity contribution is -0.137. The van der Waals surface area contributed by atoms with Crippen LogP contribution in [0.25, 0.3) is 11.0 Å². The van der Waals surface area contributed by atoms with Crippen LogP contribution < -0.4 is 11.0 Å². The third-order valence-electron chi connectivity index (χ3n) is 5.39. The smallest absolute Gasteiger partial charge is 0.325 e. The first-order chi connectivity index (χ1) is 14.3. The lowest BCUT2D eigenvalue weighted by Crippen LogP contribution is -2.41. The Morgan fingerprint density at radius 3 is 2.57 bits per heavy atom. The third kappa shape index (κ3) is 4.25. The van der Waals surface area contributed by atoms with Crippen LogP contribution in [0.3, 0.4) is 0 Å². The largest absolute Gasteiger partial charge is 0.416 e. The molecule has 2 heterocycles. The van der Waals surface area contributed by atoms with Gasteiger partial charge in [-0.3, -0.25) is 14.3 Å². The number of likely N-dealkylation sites (tertiary alicyclic amines) is 1. The minimum absolute atomic E-state index is 0.0384. The lowest BCUT2D eigenvalue weighted by Gasteiger charge is -2.32. The number of carbonyl (C=O) groups is 1. The van der Waals surface area contributed by atoms with E-state index in [1.54, 1.807) is 4.57 Å². The molecule has 158 valence electrons. The summed E-state index contributed by atoms with van der Waals surface area (Å²) in [5, 5.41) is 2.53. The van der Waals surface area contributed by atoms with E-state index in [1.165, 1.54) is 12.1 Å². The van der Waals surface area contributed by atoms with E-state index in [0.29, 0.717) is 25.9 Å². The Bertz CT molecular complexity index is 1110. The molecule has 0 spiro atoms. The van der Waals surface area contributed by atoms with Crippen LogP contribution >= 0.6 is 0 Å². The fourth-order valence-electron chi connectivity index (χ4n) is 3.95. The van der Waals surface area contributed by atoms with E-state index in [4.69, 9.17) is 0 Å². The van der Waals surface area contributed by atoms with Crippen LogP contribution in [0, 0.1) is 0 Å². The highest BCUT2D eigenvalue weighted by Gasteiger charge is 2.30. The first-order valence-electron chi connectivity index (χ1n) is 9.70. The van der Waals surface area contributed by atoms with Gasteiger partial charge >= 0.3 is 11.9 Å². The predicted molar refractivity (Wildman–Crippen MR) is 107 cm³/mol. The molecule has 1 fully saturated rings. The molecule has 1 aromatic heterocycles. The summed E-state index contributed by atoms with van der Waals surface area (Å²) in [5.74, 6) is -0.364. The number of piperidine rings is 1. The molecule has 0 unspecified atom stereocenters. The summed E-state index contributed by atoms with van der Waals surface area (Å²) < 4.78 is 40.2. The van der Waals surface area contributed by atoms with Crippen molar-refractivity contribution in [1.29, 1.82) is 0 Å². The van der Waals surface area contributed by atoms with Gasteiger partial charge in [-0.15, -0.1) is 0 Å². The first kappa shape index (κ1) is 20.2. The van der Waals surface area contributed by atoms with Crippen LogP contribution in [0.1, 0.15) is 24.4 Å². The minimum Gasteiger partial charge on any atom is -0.325 e. The molecule has 4 rings (SSSR count). The Morgan fingerprint density at radius 2 is 1.83 bits per heavy atom. The number of amides is 1. The zero-order chi connectivity index (χ0) is 21.3. The number of hydrogen-bond acceptors (Lipinski definition) is 3. The van der Waals surface area contributed by atoms with Crippen LogP contribution in [0.15, 0.2) is 53.3 Å². The second-order valence-electron chi connectivity index (χ2n) is 7.45. The summed E-state index contributed by atoms with van der Waals surface area (Å²) in [5.41, 5.74) is 0.839. The van der Waals surface area contributed by atoms with Crippen LogP contribution in [0.4, 0.5) is 18.9 Å². The highest BCUT2D eigenvalue weighted by molar-refractivity contribution is 5.92. The molecule has 30 heavy (non-hydrogen) atoms. The number of benzene rings is 2. The third-order valence-corrected chi connectivity index (χ3v) is 5.39. The molecule has 2 N–H and O–H groups in total. The summed E-state index contributed by atoms with van der Waals surface area (Å²) in [4.78, 5) is 29.4. The number of H-pyrrole nitrogens is 1. The Labute approximate surface area is 170 Å². The number of hydrogen-bond donors (Lipinski definition) is 2. The molecule has 0 aliphatic carbocycles. The van der Waals surface area contributed by atoms with Crippen molar-refractivity contribution in [2.45, 2.75) is 25.1 Å². The molecule has 0 atom stereocenters. The van der Waals surface area contributed by atoms with Gasteiger partial charge in [0.15, 0.2) is 0 Å². The molecule has 2 aromatic carbocycles. The van der Waals surface area contributed by atoms with Crippen LogP contribution in [-0.4, -0.2) is 40.0 Å². The number of para-hydroxylation sites is 2. The molecular weight excluding hydrogens is 397 g/mol. The summed E-state index contributed by atoms with van der Waals surface area (Å²) in [7, 11) is 0. The topological polar surface area (TPSA) is 70.1 Å². The maximum absolute atomic E-state index is 12.8. The van der Waals surface area contributed by atoms with Crippen molar-refractivity contribution < 1.29 is 18.0 Å². The summed E-state index contributed by atoms with van der Waals surface area (Å²) in [6, 6.07) is 12.2. The molecule has 0 saturated carbocycles. The number of fused-ring (bicyclic) bond motifs is 1. The molecular formula is C21H21F3N4O2. The van der Waals surface area contributed by atoms with Crippen molar-refractivity contribution in [2.75, 3.05) is 25.0 Å². The van der Waals surface area contributed by atoms with E-state index in [2.05, 4.69) is 10.3 Å². The van der Waals surface area contributed by atoms with Gasteiger partial charge < -0.3 is 10.3 Å². The van der Waals surface area contributed by atoms with Gasteiger partial charge in [-0.25, -0.2) is 4.79 Å². The van der Waals surface area contributed by atoms with Gasteiger partial charge in [0.1, 0.15) is 0 Å². The van der Waals surface area contributed by atoms with Gasteiger partial charge in [0.2, 0.25) is 5.91 Å². The molecule has 9 heteroatoms. The zero-order valence-corrected chi connectivity index (χ0v) is 16.1. The Morgan fingerprint density at radius 1 is 1.10 bits per heavy atom. The quantitative estimate of drug-likeness (QED) is 0.680. The van der Waals surface area contributed by atoms with Gasteiger partial charge in [-0.05, 0) is 43.2 Å². The van der Waals surface area contributed by atoms with Gasteiger partial charge in [0, 0.05) is 24.8 Å².